The van der Waals surface area contributed by atoms with Gasteiger partial charge >= 0.3 is 14.0 Å². The van der Waals surface area contributed by atoms with Crippen molar-refractivity contribution in [2.45, 2.75) is 31.5 Å². The highest BCUT2D eigenvalue weighted by Crippen LogP contribution is 2.37. The molecule has 6 nitrogen and oxygen atoms in total. The van der Waals surface area contributed by atoms with E-state index in [0.29, 0.717) is 12.8 Å². The van der Waals surface area contributed by atoms with Gasteiger partial charge in [-0.2, -0.15) is 13.2 Å². The van der Waals surface area contributed by atoms with E-state index in [2.05, 4.69) is 16.4 Å². The molecule has 1 aromatic carbocycles. The van der Waals surface area contributed by atoms with E-state index in [1.807, 2.05) is 6.07 Å². The average molecular weight is 463 g/mol. The summed E-state index contributed by atoms with van der Waals surface area (Å²) in [7, 11) is -4.57. The SMILES string of the molecule is CC(N)(CCc1ccc(C#CCOc2cccc(C(F)(F)F)c2)s1)COP(=O)(O)O. The number of hydrogen-bond acceptors (Lipinski definition) is 5. The molecule has 4 N–H and O–H groups in total. The van der Waals surface area contributed by atoms with E-state index in [9.17, 15) is 17.7 Å². The van der Waals surface area contributed by atoms with Gasteiger partial charge in [0.25, 0.3) is 0 Å². The lowest BCUT2D eigenvalue weighted by atomic mass is 9.98. The van der Waals surface area contributed by atoms with Crippen LogP contribution in [0.1, 0.15) is 28.7 Å². The minimum Gasteiger partial charge on any atom is -0.481 e. The molecule has 0 radical (unpaired) electrons. The van der Waals surface area contributed by atoms with Crippen LogP contribution in [0.5, 0.6) is 5.75 Å². The summed E-state index contributed by atoms with van der Waals surface area (Å²) < 4.78 is 58.5. The lowest BCUT2D eigenvalue weighted by molar-refractivity contribution is -0.137. The van der Waals surface area contributed by atoms with E-state index in [-0.39, 0.29) is 19.0 Å². The van der Waals surface area contributed by atoms with E-state index >= 15 is 0 Å². The lowest BCUT2D eigenvalue weighted by Crippen LogP contribution is -2.41. The minimum atomic E-state index is -4.57. The van der Waals surface area contributed by atoms with Crippen LogP contribution in [0.3, 0.4) is 0 Å². The third-order valence-electron chi connectivity index (χ3n) is 3.85. The Morgan fingerprint density at radius 1 is 1.23 bits per heavy atom. The van der Waals surface area contributed by atoms with E-state index in [1.54, 1.807) is 13.0 Å². The molecule has 1 atom stereocenters. The van der Waals surface area contributed by atoms with Crippen molar-refractivity contribution in [1.29, 1.82) is 0 Å². The summed E-state index contributed by atoms with van der Waals surface area (Å²) in [6, 6.07) is 8.26. The van der Waals surface area contributed by atoms with Crippen molar-refractivity contribution in [3.63, 3.8) is 0 Å². The van der Waals surface area contributed by atoms with Gasteiger partial charge in [0.2, 0.25) is 0 Å². The monoisotopic (exact) mass is 463 g/mol. The Bertz CT molecular complexity index is 959. The van der Waals surface area contributed by atoms with Gasteiger partial charge in [0.15, 0.2) is 0 Å². The standard InChI is InChI=1S/C19H21F3NO5PS/c1-18(23,13-28-29(24,25)26)10-9-17-8-7-16(30-17)6-3-11-27-15-5-2-4-14(12-15)19(20,21)22/h2,4-5,7-8,12H,9-11,13,23H2,1H3,(H2,24,25,26). The minimum absolute atomic E-state index is 0.0604. The van der Waals surface area contributed by atoms with Crippen LogP contribution in [0.2, 0.25) is 0 Å². The van der Waals surface area contributed by atoms with Crippen molar-refractivity contribution in [3.05, 3.63) is 51.7 Å². The molecule has 2 rings (SSSR count). The van der Waals surface area contributed by atoms with E-state index < -0.39 is 25.1 Å². The molecular weight excluding hydrogens is 442 g/mol. The average Bonchev–Trinajstić information content (AvgIpc) is 3.09. The van der Waals surface area contributed by atoms with Gasteiger partial charge in [0.1, 0.15) is 12.4 Å². The van der Waals surface area contributed by atoms with Gasteiger partial charge in [-0.1, -0.05) is 17.9 Å². The number of alkyl halides is 3. The Morgan fingerprint density at radius 3 is 2.63 bits per heavy atom. The molecule has 0 aliphatic rings. The first-order valence-electron chi connectivity index (χ1n) is 8.71. The van der Waals surface area contributed by atoms with E-state index in [4.69, 9.17) is 20.3 Å². The zero-order valence-corrected chi connectivity index (χ0v) is 17.7. The Morgan fingerprint density at radius 2 is 1.97 bits per heavy atom. The summed E-state index contributed by atoms with van der Waals surface area (Å²) in [6.45, 7) is 1.30. The first-order valence-corrected chi connectivity index (χ1v) is 11.1. The molecule has 2 aromatic rings. The van der Waals surface area contributed by atoms with Crippen molar-refractivity contribution in [2.75, 3.05) is 13.2 Å². The summed E-state index contributed by atoms with van der Waals surface area (Å²) in [5.74, 6) is 5.73. The first-order chi connectivity index (χ1) is 13.8. The maximum atomic E-state index is 12.7. The van der Waals surface area contributed by atoms with Crippen LogP contribution in [0.4, 0.5) is 13.2 Å². The van der Waals surface area contributed by atoms with Gasteiger partial charge in [0.05, 0.1) is 17.0 Å². The third kappa shape index (κ3) is 8.88. The van der Waals surface area contributed by atoms with Crippen LogP contribution in [0, 0.1) is 11.8 Å². The topological polar surface area (TPSA) is 102 Å². The zero-order valence-electron chi connectivity index (χ0n) is 16.0. The number of thiophene rings is 1. The smallest absolute Gasteiger partial charge is 0.469 e. The largest absolute Gasteiger partial charge is 0.481 e. The molecule has 30 heavy (non-hydrogen) atoms. The highest BCUT2D eigenvalue weighted by molar-refractivity contribution is 7.46. The van der Waals surface area contributed by atoms with Crippen molar-refractivity contribution in [1.82, 2.24) is 0 Å². The Hall–Kier alpha value is -1.86. The van der Waals surface area contributed by atoms with Gasteiger partial charge in [-0.05, 0) is 50.1 Å². The van der Waals surface area contributed by atoms with Crippen molar-refractivity contribution < 1.29 is 36.8 Å². The van der Waals surface area contributed by atoms with Crippen molar-refractivity contribution in [3.8, 4) is 17.6 Å². The lowest BCUT2D eigenvalue weighted by Gasteiger charge is -2.24. The van der Waals surface area contributed by atoms with Gasteiger partial charge in [-0.3, -0.25) is 4.52 Å². The summed E-state index contributed by atoms with van der Waals surface area (Å²) in [5, 5.41) is 0. The highest BCUT2D eigenvalue weighted by atomic mass is 32.1. The quantitative estimate of drug-likeness (QED) is 0.405. The Labute approximate surface area is 176 Å². The molecule has 11 heteroatoms. The van der Waals surface area contributed by atoms with Gasteiger partial charge in [-0.25, -0.2) is 4.57 Å². The molecule has 0 saturated heterocycles. The predicted octanol–water partition coefficient (Wildman–Crippen LogP) is 3.96. The van der Waals surface area contributed by atoms with Crippen LogP contribution in [0.25, 0.3) is 0 Å². The van der Waals surface area contributed by atoms with Crippen LogP contribution < -0.4 is 10.5 Å². The normalized spacial score (nSPS) is 14.0. The van der Waals surface area contributed by atoms with E-state index in [0.717, 1.165) is 21.9 Å². The third-order valence-corrected chi connectivity index (χ3v) is 5.38. The number of benzene rings is 1. The number of phosphoric acid groups is 1. The number of nitrogens with two attached hydrogens (primary N) is 1. The number of hydrogen-bond donors (Lipinski definition) is 3. The number of phosphoric ester groups is 1. The highest BCUT2D eigenvalue weighted by Gasteiger charge is 2.30. The number of halogens is 3. The van der Waals surface area contributed by atoms with Gasteiger partial charge in [0, 0.05) is 10.4 Å². The van der Waals surface area contributed by atoms with Crippen molar-refractivity contribution >= 4 is 19.2 Å². The summed E-state index contributed by atoms with van der Waals surface area (Å²) in [5.41, 5.74) is 4.30. The summed E-state index contributed by atoms with van der Waals surface area (Å²) in [6.07, 6.45) is -3.41. The van der Waals surface area contributed by atoms with Crippen LogP contribution in [0.15, 0.2) is 36.4 Å². The second-order valence-electron chi connectivity index (χ2n) is 6.80. The zero-order chi connectivity index (χ0) is 22.4. The number of ether oxygens (including phenoxy) is 1. The molecule has 1 unspecified atom stereocenters. The second kappa shape index (κ2) is 9.96. The molecule has 0 aliphatic heterocycles. The van der Waals surface area contributed by atoms with Crippen LogP contribution >= 0.6 is 19.2 Å². The van der Waals surface area contributed by atoms with Gasteiger partial charge < -0.3 is 20.3 Å². The predicted molar refractivity (Wildman–Crippen MR) is 107 cm³/mol. The maximum absolute atomic E-state index is 12.7. The Balaban J connectivity index is 1.84. The molecule has 1 heterocycles. The maximum Gasteiger partial charge on any atom is 0.469 e. The summed E-state index contributed by atoms with van der Waals surface area (Å²) in [4.78, 5) is 19.2. The first kappa shape index (κ1) is 24.4. The van der Waals surface area contributed by atoms with E-state index in [1.165, 1.54) is 23.5 Å². The molecule has 164 valence electrons. The molecule has 0 aliphatic carbocycles. The molecule has 0 bridgehead atoms. The fourth-order valence-electron chi connectivity index (χ4n) is 2.30. The fourth-order valence-corrected chi connectivity index (χ4v) is 3.64. The fraction of sp³-hybridized carbons (Fsp3) is 0.368. The molecular formula is C19H21F3NO5PS. The van der Waals surface area contributed by atoms with Gasteiger partial charge in [-0.15, -0.1) is 11.3 Å². The van der Waals surface area contributed by atoms with Crippen LogP contribution in [-0.2, 0) is 21.7 Å². The molecule has 1 aromatic heterocycles. The number of aryl methyl sites for hydroxylation is 1. The second-order valence-corrected chi connectivity index (χ2v) is 9.21. The molecule has 0 spiro atoms. The summed E-state index contributed by atoms with van der Waals surface area (Å²) >= 11 is 1.42. The molecule has 0 amide bonds. The molecule has 0 fully saturated rings. The Kier molecular flexibility index (Phi) is 8.11. The van der Waals surface area contributed by atoms with Crippen molar-refractivity contribution in [2.24, 2.45) is 5.73 Å². The molecule has 0 saturated carbocycles. The van der Waals surface area contributed by atoms with Crippen LogP contribution in [-0.4, -0.2) is 28.5 Å². The number of rotatable bonds is 8.